The molecule has 8 nitrogen and oxygen atoms in total. The number of nitrogens with zero attached hydrogens (tertiary/aromatic N) is 4. The van der Waals surface area contributed by atoms with E-state index in [2.05, 4.69) is 16.0 Å². The van der Waals surface area contributed by atoms with E-state index in [4.69, 9.17) is 15.5 Å². The van der Waals surface area contributed by atoms with Crippen molar-refractivity contribution in [3.63, 3.8) is 0 Å². The Morgan fingerprint density at radius 3 is 2.76 bits per heavy atom. The van der Waals surface area contributed by atoms with E-state index < -0.39 is 11.7 Å². The molecule has 4 rings (SSSR count). The molecule has 0 aliphatic heterocycles. The number of fused-ring (bicyclic) bond motifs is 2. The first-order valence-corrected chi connectivity index (χ1v) is 11.4. The first kappa shape index (κ1) is 22.9. The van der Waals surface area contributed by atoms with Crippen molar-refractivity contribution >= 4 is 23.0 Å². The molecule has 1 amide bonds. The third kappa shape index (κ3) is 5.22. The van der Waals surface area contributed by atoms with Crippen LogP contribution in [-0.4, -0.2) is 43.6 Å². The van der Waals surface area contributed by atoms with E-state index in [0.29, 0.717) is 24.4 Å². The van der Waals surface area contributed by atoms with Gasteiger partial charge >= 0.3 is 6.09 Å². The molecular weight excluding hydrogens is 418 g/mol. The third-order valence-electron chi connectivity index (χ3n) is 5.80. The molecule has 2 aromatic heterocycles. The lowest BCUT2D eigenvalue weighted by Gasteiger charge is -2.34. The number of hydrogen-bond acceptors (Lipinski definition) is 6. The monoisotopic (exact) mass is 449 g/mol. The van der Waals surface area contributed by atoms with Gasteiger partial charge in [-0.15, -0.1) is 0 Å². The number of primary amides is 1. The Balaban J connectivity index is 1.74. The second-order valence-electron chi connectivity index (χ2n) is 9.48. The van der Waals surface area contributed by atoms with Crippen molar-refractivity contribution < 1.29 is 14.3 Å². The zero-order valence-electron chi connectivity index (χ0n) is 19.5. The summed E-state index contributed by atoms with van der Waals surface area (Å²) in [4.78, 5) is 36.4. The van der Waals surface area contributed by atoms with Gasteiger partial charge in [-0.2, -0.15) is 0 Å². The fourth-order valence-electron chi connectivity index (χ4n) is 4.41. The first-order valence-electron chi connectivity index (χ1n) is 11.4. The number of amides is 1. The standard InChI is InChI=1S/C25H31N5O3/c1-25(2,3)33-24(32)30-19-11-5-4-10-18(19)28-22(30)16-29(15-13-21(26)31)20-12-6-8-17-9-7-14-27-23(17)20/h4-5,7,9-11,14,20H,6,8,12-13,15-16H2,1-3H3,(H2,26,31). The molecule has 1 unspecified atom stereocenters. The molecule has 0 saturated heterocycles. The minimum Gasteiger partial charge on any atom is -0.443 e. The van der Waals surface area contributed by atoms with Crippen LogP contribution >= 0.6 is 0 Å². The molecule has 2 heterocycles. The lowest BCUT2D eigenvalue weighted by Crippen LogP contribution is -2.36. The number of rotatable bonds is 6. The molecule has 8 heteroatoms. The molecule has 2 N–H and O–H groups in total. The summed E-state index contributed by atoms with van der Waals surface area (Å²) >= 11 is 0. The van der Waals surface area contributed by atoms with Crippen LogP contribution in [0.1, 0.15) is 63.2 Å². The van der Waals surface area contributed by atoms with Gasteiger partial charge in [0.1, 0.15) is 11.4 Å². The Morgan fingerprint density at radius 1 is 1.21 bits per heavy atom. The van der Waals surface area contributed by atoms with E-state index in [0.717, 1.165) is 30.5 Å². The Morgan fingerprint density at radius 2 is 2.00 bits per heavy atom. The zero-order valence-corrected chi connectivity index (χ0v) is 19.5. The quantitative estimate of drug-likeness (QED) is 0.611. The second kappa shape index (κ2) is 9.31. The third-order valence-corrected chi connectivity index (χ3v) is 5.80. The van der Waals surface area contributed by atoms with Crippen LogP contribution in [-0.2, 0) is 22.5 Å². The highest BCUT2D eigenvalue weighted by molar-refractivity contribution is 5.87. The van der Waals surface area contributed by atoms with Crippen molar-refractivity contribution in [2.45, 2.75) is 64.6 Å². The number of benzene rings is 1. The Hall–Kier alpha value is -3.26. The van der Waals surface area contributed by atoms with Crippen molar-refractivity contribution in [3.05, 3.63) is 59.7 Å². The lowest BCUT2D eigenvalue weighted by atomic mass is 9.90. The summed E-state index contributed by atoms with van der Waals surface area (Å²) in [5.41, 5.74) is 8.50. The summed E-state index contributed by atoms with van der Waals surface area (Å²) in [6.45, 7) is 6.34. The Labute approximate surface area is 193 Å². The maximum absolute atomic E-state index is 13.2. The van der Waals surface area contributed by atoms with Gasteiger partial charge in [0.25, 0.3) is 0 Å². The summed E-state index contributed by atoms with van der Waals surface area (Å²) < 4.78 is 7.23. The van der Waals surface area contributed by atoms with Crippen LogP contribution in [0.15, 0.2) is 42.6 Å². The number of aryl methyl sites for hydroxylation is 1. The van der Waals surface area contributed by atoms with Crippen molar-refractivity contribution in [2.75, 3.05) is 6.54 Å². The predicted molar refractivity (Wildman–Crippen MR) is 126 cm³/mol. The number of carbonyl (C=O) groups is 2. The van der Waals surface area contributed by atoms with E-state index in [1.54, 1.807) is 10.8 Å². The van der Waals surface area contributed by atoms with Gasteiger partial charge in [0.05, 0.1) is 29.3 Å². The van der Waals surface area contributed by atoms with Crippen LogP contribution < -0.4 is 5.73 Å². The summed E-state index contributed by atoms with van der Waals surface area (Å²) in [6, 6.07) is 11.6. The minimum absolute atomic E-state index is 0.0150. The molecule has 33 heavy (non-hydrogen) atoms. The fraction of sp³-hybridized carbons (Fsp3) is 0.440. The maximum Gasteiger partial charge on any atom is 0.420 e. The number of carbonyl (C=O) groups excluding carboxylic acids is 2. The fourth-order valence-corrected chi connectivity index (χ4v) is 4.41. The molecular formula is C25H31N5O3. The van der Waals surface area contributed by atoms with Crippen LogP contribution in [0.4, 0.5) is 4.79 Å². The van der Waals surface area contributed by atoms with Gasteiger partial charge in [-0.05, 0) is 63.8 Å². The molecule has 0 bridgehead atoms. The molecule has 174 valence electrons. The van der Waals surface area contributed by atoms with E-state index >= 15 is 0 Å². The number of para-hydroxylation sites is 2. The van der Waals surface area contributed by atoms with Crippen molar-refractivity contribution in [1.82, 2.24) is 19.4 Å². The predicted octanol–water partition coefficient (Wildman–Crippen LogP) is 3.97. The van der Waals surface area contributed by atoms with Crippen LogP contribution in [0.25, 0.3) is 11.0 Å². The Bertz CT molecular complexity index is 1160. The number of nitrogens with two attached hydrogens (primary N) is 1. The summed E-state index contributed by atoms with van der Waals surface area (Å²) in [7, 11) is 0. The van der Waals surface area contributed by atoms with Gasteiger partial charge in [-0.1, -0.05) is 18.2 Å². The highest BCUT2D eigenvalue weighted by Crippen LogP contribution is 2.34. The van der Waals surface area contributed by atoms with Gasteiger partial charge in [0, 0.05) is 19.2 Å². The molecule has 1 aromatic carbocycles. The number of pyridine rings is 1. The van der Waals surface area contributed by atoms with Crippen LogP contribution in [0.5, 0.6) is 0 Å². The largest absolute Gasteiger partial charge is 0.443 e. The van der Waals surface area contributed by atoms with E-state index in [-0.39, 0.29) is 18.4 Å². The first-order chi connectivity index (χ1) is 15.7. The van der Waals surface area contributed by atoms with Crippen LogP contribution in [0, 0.1) is 0 Å². The van der Waals surface area contributed by atoms with Gasteiger partial charge in [0.2, 0.25) is 5.91 Å². The van der Waals surface area contributed by atoms with Crippen molar-refractivity contribution in [1.29, 1.82) is 0 Å². The number of aromatic nitrogens is 3. The number of ether oxygens (including phenoxy) is 1. The van der Waals surface area contributed by atoms with Crippen molar-refractivity contribution in [3.8, 4) is 0 Å². The van der Waals surface area contributed by atoms with Gasteiger partial charge in [-0.3, -0.25) is 14.7 Å². The average Bonchev–Trinajstić information content (AvgIpc) is 3.13. The van der Waals surface area contributed by atoms with Gasteiger partial charge in [0.15, 0.2) is 0 Å². The van der Waals surface area contributed by atoms with Gasteiger partial charge in [-0.25, -0.2) is 14.3 Å². The number of hydrogen-bond donors (Lipinski definition) is 1. The van der Waals surface area contributed by atoms with E-state index in [1.807, 2.05) is 51.1 Å². The zero-order chi connectivity index (χ0) is 23.6. The molecule has 3 aromatic rings. The van der Waals surface area contributed by atoms with Gasteiger partial charge < -0.3 is 10.5 Å². The van der Waals surface area contributed by atoms with Crippen LogP contribution in [0.2, 0.25) is 0 Å². The molecule has 0 spiro atoms. The molecule has 0 radical (unpaired) electrons. The normalized spacial score (nSPS) is 16.1. The lowest BCUT2D eigenvalue weighted by molar-refractivity contribution is -0.118. The SMILES string of the molecule is CC(C)(C)OC(=O)n1c(CN(CCC(N)=O)C2CCCc3cccnc32)nc2ccccc21. The minimum atomic E-state index is -0.641. The van der Waals surface area contributed by atoms with Crippen molar-refractivity contribution in [2.24, 2.45) is 5.73 Å². The number of imidazole rings is 1. The van der Waals surface area contributed by atoms with E-state index in [9.17, 15) is 9.59 Å². The second-order valence-corrected chi connectivity index (χ2v) is 9.48. The maximum atomic E-state index is 13.2. The summed E-state index contributed by atoms with van der Waals surface area (Å²) in [5, 5.41) is 0. The summed E-state index contributed by atoms with van der Waals surface area (Å²) in [5.74, 6) is 0.204. The van der Waals surface area contributed by atoms with Crippen LogP contribution in [0.3, 0.4) is 0 Å². The molecule has 1 aliphatic rings. The highest BCUT2D eigenvalue weighted by atomic mass is 16.6. The molecule has 1 atom stereocenters. The topological polar surface area (TPSA) is 103 Å². The highest BCUT2D eigenvalue weighted by Gasteiger charge is 2.30. The smallest absolute Gasteiger partial charge is 0.420 e. The summed E-state index contributed by atoms with van der Waals surface area (Å²) in [6.07, 6.45) is 4.47. The molecule has 0 fully saturated rings. The van der Waals surface area contributed by atoms with E-state index in [1.165, 1.54) is 5.56 Å². The average molecular weight is 450 g/mol. The Kier molecular flexibility index (Phi) is 6.47. The molecule has 0 saturated carbocycles. The molecule has 1 aliphatic carbocycles.